The van der Waals surface area contributed by atoms with Gasteiger partial charge in [-0.15, -0.1) is 0 Å². The fourth-order valence-corrected chi connectivity index (χ4v) is 3.82. The summed E-state index contributed by atoms with van der Waals surface area (Å²) >= 11 is 0. The van der Waals surface area contributed by atoms with Gasteiger partial charge in [-0.2, -0.15) is 5.10 Å². The van der Waals surface area contributed by atoms with Crippen LogP contribution in [0, 0.1) is 11.6 Å². The Labute approximate surface area is 214 Å². The Hall–Kier alpha value is -3.79. The van der Waals surface area contributed by atoms with Crippen LogP contribution >= 0.6 is 0 Å². The Morgan fingerprint density at radius 2 is 1.62 bits per heavy atom. The first-order chi connectivity index (χ1) is 17.1. The first kappa shape index (κ1) is 27.8. The molecule has 2 atom stereocenters. The van der Waals surface area contributed by atoms with Gasteiger partial charge >= 0.3 is 0 Å². The number of nitrogen functional groups attached to an aromatic ring is 1. The highest BCUT2D eigenvalue weighted by Gasteiger charge is 2.32. The summed E-state index contributed by atoms with van der Waals surface area (Å²) in [5.74, 6) is -2.35. The second kappa shape index (κ2) is 10.3. The number of halogens is 2. The van der Waals surface area contributed by atoms with Crippen molar-refractivity contribution in [3.05, 3.63) is 77.0 Å². The molecule has 8 nitrogen and oxygen atoms in total. The van der Waals surface area contributed by atoms with Crippen LogP contribution in [0.25, 0.3) is 0 Å². The van der Waals surface area contributed by atoms with E-state index in [2.05, 4.69) is 15.7 Å². The van der Waals surface area contributed by atoms with Gasteiger partial charge in [-0.1, -0.05) is 26.0 Å². The molecule has 0 radical (unpaired) electrons. The molecule has 0 aliphatic carbocycles. The molecular formula is C27H33F2N5O3. The van der Waals surface area contributed by atoms with Crippen molar-refractivity contribution in [2.45, 2.75) is 64.6 Å². The molecule has 3 rings (SSSR count). The van der Waals surface area contributed by atoms with Crippen LogP contribution in [-0.2, 0) is 20.5 Å². The zero-order valence-corrected chi connectivity index (χ0v) is 21.8. The maximum atomic E-state index is 13.9. The molecule has 5 N–H and O–H groups in total. The topological polar surface area (TPSA) is 122 Å². The number of aliphatic hydroxyl groups is 1. The Kier molecular flexibility index (Phi) is 7.73. The molecule has 0 unspecified atom stereocenters. The number of hydrogen-bond acceptors (Lipinski definition) is 5. The third-order valence-electron chi connectivity index (χ3n) is 6.05. The molecule has 0 saturated heterocycles. The van der Waals surface area contributed by atoms with Crippen molar-refractivity contribution in [1.29, 1.82) is 0 Å². The highest BCUT2D eigenvalue weighted by molar-refractivity contribution is 5.97. The van der Waals surface area contributed by atoms with E-state index >= 15 is 0 Å². The van der Waals surface area contributed by atoms with Crippen molar-refractivity contribution in [3.63, 3.8) is 0 Å². The number of carbonyl (C=O) groups is 2. The van der Waals surface area contributed by atoms with Crippen LogP contribution in [0.4, 0.5) is 20.3 Å². The van der Waals surface area contributed by atoms with Crippen molar-refractivity contribution in [1.82, 2.24) is 15.1 Å². The standard InChI is InChI=1S/C27H33F2N5O3/c1-15(31-25(37)23(35)16-8-7-9-20(30)10-16)24(36)32-22-14-21(33-34(22)26(2,3)4)27(5,6)17-11-18(28)13-19(29)12-17/h7-15,23,35H,30H2,1-6H3,(H,31,37)(H,32,36)/t15-,23-/m0/s1. The molecule has 0 saturated carbocycles. The number of nitrogens with two attached hydrogens (primary N) is 1. The molecule has 0 aliphatic heterocycles. The molecule has 0 fully saturated rings. The number of nitrogens with zero attached hydrogens (tertiary/aromatic N) is 2. The lowest BCUT2D eigenvalue weighted by Gasteiger charge is -2.25. The Balaban J connectivity index is 1.83. The number of carbonyl (C=O) groups excluding carboxylic acids is 2. The van der Waals surface area contributed by atoms with Gasteiger partial charge in [0.05, 0.1) is 11.2 Å². The van der Waals surface area contributed by atoms with Gasteiger partial charge in [-0.25, -0.2) is 13.5 Å². The molecule has 10 heteroatoms. The van der Waals surface area contributed by atoms with E-state index in [4.69, 9.17) is 5.73 Å². The third-order valence-corrected chi connectivity index (χ3v) is 6.05. The smallest absolute Gasteiger partial charge is 0.254 e. The van der Waals surface area contributed by atoms with E-state index in [1.807, 2.05) is 20.8 Å². The lowest BCUT2D eigenvalue weighted by atomic mass is 9.81. The molecular weight excluding hydrogens is 480 g/mol. The van der Waals surface area contributed by atoms with E-state index in [0.717, 1.165) is 6.07 Å². The van der Waals surface area contributed by atoms with E-state index in [1.54, 1.807) is 42.8 Å². The summed E-state index contributed by atoms with van der Waals surface area (Å²) in [6, 6.07) is 10.2. The van der Waals surface area contributed by atoms with Gasteiger partial charge in [0.2, 0.25) is 5.91 Å². The van der Waals surface area contributed by atoms with Crippen LogP contribution in [0.1, 0.15) is 64.5 Å². The van der Waals surface area contributed by atoms with E-state index in [-0.39, 0.29) is 0 Å². The zero-order chi connectivity index (χ0) is 27.7. The van der Waals surface area contributed by atoms with Crippen molar-refractivity contribution in [2.24, 2.45) is 0 Å². The van der Waals surface area contributed by atoms with Crippen molar-refractivity contribution >= 4 is 23.3 Å². The highest BCUT2D eigenvalue weighted by atomic mass is 19.1. The van der Waals surface area contributed by atoms with Gasteiger partial charge in [-0.05, 0) is 63.1 Å². The normalized spacial score (nSPS) is 13.6. The molecule has 0 spiro atoms. The van der Waals surface area contributed by atoms with Crippen LogP contribution in [0.5, 0.6) is 0 Å². The van der Waals surface area contributed by atoms with Crippen molar-refractivity contribution in [3.8, 4) is 0 Å². The monoisotopic (exact) mass is 513 g/mol. The highest BCUT2D eigenvalue weighted by Crippen LogP contribution is 2.34. The fourth-order valence-electron chi connectivity index (χ4n) is 3.82. The molecule has 0 aliphatic rings. The minimum atomic E-state index is -1.50. The fraction of sp³-hybridized carbons (Fsp3) is 0.370. The summed E-state index contributed by atoms with van der Waals surface area (Å²) in [4.78, 5) is 25.5. The van der Waals surface area contributed by atoms with E-state index in [1.165, 1.54) is 25.1 Å². The third kappa shape index (κ3) is 6.32. The molecule has 198 valence electrons. The number of aromatic nitrogens is 2. The number of rotatable bonds is 7. The predicted molar refractivity (Wildman–Crippen MR) is 138 cm³/mol. The molecule has 1 aromatic heterocycles. The zero-order valence-electron chi connectivity index (χ0n) is 21.8. The first-order valence-corrected chi connectivity index (χ1v) is 11.8. The number of aliphatic hydroxyl groups excluding tert-OH is 1. The minimum absolute atomic E-state index is 0.302. The van der Waals surface area contributed by atoms with Crippen LogP contribution in [-0.4, -0.2) is 32.7 Å². The Morgan fingerprint density at radius 1 is 1.00 bits per heavy atom. The lowest BCUT2D eigenvalue weighted by Crippen LogP contribution is -2.44. The van der Waals surface area contributed by atoms with Crippen LogP contribution in [0.2, 0.25) is 0 Å². The van der Waals surface area contributed by atoms with Gasteiger partial charge < -0.3 is 21.5 Å². The lowest BCUT2D eigenvalue weighted by molar-refractivity contribution is -0.132. The molecule has 2 aromatic carbocycles. The van der Waals surface area contributed by atoms with E-state index in [9.17, 15) is 23.5 Å². The van der Waals surface area contributed by atoms with Crippen LogP contribution < -0.4 is 16.4 Å². The number of nitrogens with one attached hydrogen (secondary N) is 2. The first-order valence-electron chi connectivity index (χ1n) is 11.8. The average molecular weight is 514 g/mol. The number of anilines is 2. The van der Waals surface area contributed by atoms with E-state index < -0.39 is 46.5 Å². The second-order valence-electron chi connectivity index (χ2n) is 10.6. The number of amides is 2. The average Bonchev–Trinajstić information content (AvgIpc) is 3.23. The van der Waals surface area contributed by atoms with Crippen molar-refractivity contribution < 1.29 is 23.5 Å². The number of hydrogen-bond donors (Lipinski definition) is 4. The summed E-state index contributed by atoms with van der Waals surface area (Å²) in [6.45, 7) is 10.7. The summed E-state index contributed by atoms with van der Waals surface area (Å²) in [7, 11) is 0. The summed E-state index contributed by atoms with van der Waals surface area (Å²) in [5, 5.41) is 20.3. The van der Waals surface area contributed by atoms with Crippen LogP contribution in [0.3, 0.4) is 0 Å². The SMILES string of the molecule is C[C@H](NC(=O)[C@@H](O)c1cccc(N)c1)C(=O)Nc1cc(C(C)(C)c2cc(F)cc(F)c2)nn1C(C)(C)C. The molecule has 0 bridgehead atoms. The maximum absolute atomic E-state index is 13.9. The quantitative estimate of drug-likeness (QED) is 0.356. The van der Waals surface area contributed by atoms with Crippen molar-refractivity contribution in [2.75, 3.05) is 11.1 Å². The van der Waals surface area contributed by atoms with Gasteiger partial charge in [0, 0.05) is 23.2 Å². The van der Waals surface area contributed by atoms with Gasteiger partial charge in [0.15, 0.2) is 6.10 Å². The van der Waals surface area contributed by atoms with Gasteiger partial charge in [-0.3, -0.25) is 9.59 Å². The van der Waals surface area contributed by atoms with E-state index in [0.29, 0.717) is 28.3 Å². The Bertz CT molecular complexity index is 1290. The predicted octanol–water partition coefficient (Wildman–Crippen LogP) is 4.00. The molecule has 37 heavy (non-hydrogen) atoms. The molecule has 3 aromatic rings. The largest absolute Gasteiger partial charge is 0.399 e. The summed E-state index contributed by atoms with van der Waals surface area (Å²) in [6.07, 6.45) is -1.50. The summed E-state index contributed by atoms with van der Waals surface area (Å²) in [5.41, 5.74) is 5.83. The Morgan fingerprint density at radius 3 is 2.19 bits per heavy atom. The molecule has 1 heterocycles. The maximum Gasteiger partial charge on any atom is 0.254 e. The van der Waals surface area contributed by atoms with Gasteiger partial charge in [0.25, 0.3) is 5.91 Å². The summed E-state index contributed by atoms with van der Waals surface area (Å²) < 4.78 is 29.4. The number of benzene rings is 2. The molecule has 2 amide bonds. The van der Waals surface area contributed by atoms with Gasteiger partial charge in [0.1, 0.15) is 23.5 Å². The second-order valence-corrected chi connectivity index (χ2v) is 10.6. The minimum Gasteiger partial charge on any atom is -0.399 e. The van der Waals surface area contributed by atoms with Crippen LogP contribution in [0.15, 0.2) is 48.5 Å².